The van der Waals surface area contributed by atoms with E-state index in [9.17, 15) is 9.59 Å². The van der Waals surface area contributed by atoms with Crippen LogP contribution in [0.4, 0.5) is 5.82 Å². The van der Waals surface area contributed by atoms with Gasteiger partial charge in [-0.05, 0) is 43.2 Å². The molecular weight excluding hydrogens is 536 g/mol. The number of anilines is 1. The molecule has 4 aromatic rings. The minimum atomic E-state index is -0.265. The monoisotopic (exact) mass is 568 g/mol. The van der Waals surface area contributed by atoms with Gasteiger partial charge in [-0.3, -0.25) is 14.5 Å². The zero-order chi connectivity index (χ0) is 28.3. The highest BCUT2D eigenvalue weighted by atomic mass is 32.2. The second kappa shape index (κ2) is 11.7. The number of aromatic nitrogens is 2. The first-order valence-corrected chi connectivity index (χ1v) is 14.8. The number of fused-ring (bicyclic) bond motifs is 1. The summed E-state index contributed by atoms with van der Waals surface area (Å²) in [5.41, 5.74) is 4.28. The third-order valence-corrected chi connectivity index (χ3v) is 8.86. The Kier molecular flexibility index (Phi) is 7.69. The fraction of sp³-hybridized carbons (Fsp3) is 0.281. The lowest BCUT2D eigenvalue weighted by molar-refractivity contribution is -0.130. The summed E-state index contributed by atoms with van der Waals surface area (Å²) >= 11 is 1.53. The lowest BCUT2D eigenvalue weighted by Crippen LogP contribution is -2.43. The van der Waals surface area contributed by atoms with E-state index >= 15 is 0 Å². The number of rotatable bonds is 7. The number of thioether (sulfide) groups is 1. The summed E-state index contributed by atoms with van der Waals surface area (Å²) in [6, 6.07) is 25.5. The van der Waals surface area contributed by atoms with Gasteiger partial charge in [-0.25, -0.2) is 4.68 Å². The van der Waals surface area contributed by atoms with Gasteiger partial charge >= 0.3 is 0 Å². The molecule has 8 nitrogen and oxygen atoms in total. The molecule has 0 radical (unpaired) electrons. The largest absolute Gasteiger partial charge is 0.497 e. The highest BCUT2D eigenvalue weighted by molar-refractivity contribution is 8.00. The van der Waals surface area contributed by atoms with E-state index in [0.717, 1.165) is 65.5 Å². The number of hydrogen-bond donors (Lipinski definition) is 0. The van der Waals surface area contributed by atoms with Crippen LogP contribution >= 0.6 is 11.8 Å². The summed E-state index contributed by atoms with van der Waals surface area (Å²) in [6.45, 7) is 1.40. The average molecular weight is 569 g/mol. The summed E-state index contributed by atoms with van der Waals surface area (Å²) in [5, 5.41) is 4.89. The molecular formula is C32H32N4O4S. The Morgan fingerprint density at radius 2 is 1.63 bits per heavy atom. The molecule has 2 aliphatic heterocycles. The molecule has 1 saturated heterocycles. The summed E-state index contributed by atoms with van der Waals surface area (Å²) in [7, 11) is 3.29. The topological polar surface area (TPSA) is 76.9 Å². The number of ether oxygens (including phenoxy) is 2. The minimum Gasteiger partial charge on any atom is -0.497 e. The van der Waals surface area contributed by atoms with E-state index in [-0.39, 0.29) is 29.4 Å². The number of para-hydroxylation sites is 1. The van der Waals surface area contributed by atoms with Crippen molar-refractivity contribution in [2.75, 3.05) is 44.5 Å². The summed E-state index contributed by atoms with van der Waals surface area (Å²) in [6.07, 6.45) is 1.97. The maximum absolute atomic E-state index is 13.9. The number of benzene rings is 3. The fourth-order valence-corrected chi connectivity index (χ4v) is 6.79. The normalized spacial score (nSPS) is 16.8. The Hall–Kier alpha value is -4.24. The van der Waals surface area contributed by atoms with Gasteiger partial charge in [0.2, 0.25) is 11.8 Å². The van der Waals surface area contributed by atoms with Crippen molar-refractivity contribution < 1.29 is 19.1 Å². The van der Waals surface area contributed by atoms with Crippen molar-refractivity contribution in [1.29, 1.82) is 0 Å². The van der Waals surface area contributed by atoms with E-state index in [2.05, 4.69) is 0 Å². The van der Waals surface area contributed by atoms with Gasteiger partial charge in [0.15, 0.2) is 0 Å². The molecule has 9 heteroatoms. The molecule has 2 amide bonds. The van der Waals surface area contributed by atoms with Crippen LogP contribution in [-0.2, 0) is 9.59 Å². The van der Waals surface area contributed by atoms with Crippen molar-refractivity contribution in [2.45, 2.75) is 18.1 Å². The third-order valence-electron chi connectivity index (χ3n) is 7.63. The average Bonchev–Trinajstić information content (AvgIpc) is 3.67. The van der Waals surface area contributed by atoms with E-state index in [1.807, 2.05) is 83.8 Å². The smallest absolute Gasteiger partial charge is 0.242 e. The zero-order valence-electron chi connectivity index (χ0n) is 23.2. The van der Waals surface area contributed by atoms with Crippen LogP contribution in [0.1, 0.15) is 29.2 Å². The molecule has 1 atom stereocenters. The lowest BCUT2D eigenvalue weighted by Gasteiger charge is -2.25. The van der Waals surface area contributed by atoms with E-state index in [0.29, 0.717) is 5.82 Å². The number of amides is 2. The standard InChI is InChI=1S/C32H32N4O4S/c1-39-24-16-14-23(15-17-24)36-32-29(30(33-36)22-10-4-3-5-11-22)31(25-12-6-7-13-26(25)40-2)41-21-28(38)35(32)20-27(37)34-18-8-9-19-34/h3-7,10-17,31H,8-9,18-21H2,1-2H3. The number of carbonyl (C=O) groups excluding carboxylic acids is 2. The van der Waals surface area contributed by atoms with Crippen LogP contribution in [0.3, 0.4) is 0 Å². The number of methoxy groups -OCH3 is 2. The second-order valence-electron chi connectivity index (χ2n) is 10.1. The highest BCUT2D eigenvalue weighted by Crippen LogP contribution is 2.50. The van der Waals surface area contributed by atoms with Crippen LogP contribution in [0.25, 0.3) is 16.9 Å². The summed E-state index contributed by atoms with van der Waals surface area (Å²) in [5.74, 6) is 2.09. The molecule has 0 spiro atoms. The SMILES string of the molecule is COc1ccc(-n2nc(-c3ccccc3)c3c2N(CC(=O)N2CCCC2)C(=O)CSC3c2ccccc2OC)cc1. The first-order chi connectivity index (χ1) is 20.1. The van der Waals surface area contributed by atoms with Gasteiger partial charge in [0.25, 0.3) is 0 Å². The van der Waals surface area contributed by atoms with Gasteiger partial charge in [0, 0.05) is 29.8 Å². The summed E-state index contributed by atoms with van der Waals surface area (Å²) in [4.78, 5) is 30.9. The van der Waals surface area contributed by atoms with Crippen molar-refractivity contribution in [3.05, 3.63) is 90.0 Å². The van der Waals surface area contributed by atoms with Crippen molar-refractivity contribution in [3.8, 4) is 28.4 Å². The molecule has 0 aliphatic carbocycles. The van der Waals surface area contributed by atoms with Crippen LogP contribution in [0, 0.1) is 0 Å². The maximum Gasteiger partial charge on any atom is 0.242 e. The van der Waals surface area contributed by atoms with Crippen molar-refractivity contribution in [1.82, 2.24) is 14.7 Å². The Morgan fingerprint density at radius 3 is 2.34 bits per heavy atom. The molecule has 2 aliphatic rings. The summed E-state index contributed by atoms with van der Waals surface area (Å²) < 4.78 is 13.0. The van der Waals surface area contributed by atoms with E-state index in [1.54, 1.807) is 23.8 Å². The highest BCUT2D eigenvalue weighted by Gasteiger charge is 2.39. The number of nitrogens with zero attached hydrogens (tertiary/aromatic N) is 4. The quantitative estimate of drug-likeness (QED) is 0.299. The van der Waals surface area contributed by atoms with Gasteiger partial charge in [-0.2, -0.15) is 5.10 Å². The van der Waals surface area contributed by atoms with Gasteiger partial charge < -0.3 is 14.4 Å². The molecule has 1 aromatic heterocycles. The third kappa shape index (κ3) is 5.17. The van der Waals surface area contributed by atoms with Crippen LogP contribution in [-0.4, -0.2) is 66.1 Å². The Morgan fingerprint density at radius 1 is 0.927 bits per heavy atom. The molecule has 0 saturated carbocycles. The Balaban J connectivity index is 1.61. The Labute approximate surface area is 243 Å². The zero-order valence-corrected chi connectivity index (χ0v) is 24.0. The lowest BCUT2D eigenvalue weighted by atomic mass is 9.99. The first-order valence-electron chi connectivity index (χ1n) is 13.7. The molecule has 3 heterocycles. The minimum absolute atomic E-state index is 0.0406. The first kappa shape index (κ1) is 27.0. The number of likely N-dealkylation sites (tertiary alicyclic amines) is 1. The number of hydrogen-bond acceptors (Lipinski definition) is 6. The van der Waals surface area contributed by atoms with Crippen LogP contribution < -0.4 is 14.4 Å². The Bertz CT molecular complexity index is 1550. The molecule has 1 fully saturated rings. The second-order valence-corrected chi connectivity index (χ2v) is 11.2. The van der Waals surface area contributed by atoms with E-state index in [4.69, 9.17) is 14.6 Å². The van der Waals surface area contributed by atoms with Crippen molar-refractivity contribution in [3.63, 3.8) is 0 Å². The predicted octanol–water partition coefficient (Wildman–Crippen LogP) is 5.35. The molecule has 210 valence electrons. The van der Waals surface area contributed by atoms with Crippen LogP contribution in [0.5, 0.6) is 11.5 Å². The number of carbonyl (C=O) groups is 2. The molecule has 6 rings (SSSR count). The molecule has 0 bridgehead atoms. The van der Waals surface area contributed by atoms with Crippen molar-refractivity contribution in [2.24, 2.45) is 0 Å². The van der Waals surface area contributed by atoms with Crippen molar-refractivity contribution >= 4 is 29.4 Å². The van der Waals surface area contributed by atoms with E-state index in [1.165, 1.54) is 11.8 Å². The van der Waals surface area contributed by atoms with E-state index < -0.39 is 0 Å². The van der Waals surface area contributed by atoms with Crippen LogP contribution in [0.15, 0.2) is 78.9 Å². The maximum atomic E-state index is 13.9. The predicted molar refractivity (Wildman–Crippen MR) is 161 cm³/mol. The van der Waals surface area contributed by atoms with Crippen LogP contribution in [0.2, 0.25) is 0 Å². The van der Waals surface area contributed by atoms with Gasteiger partial charge in [-0.15, -0.1) is 11.8 Å². The molecule has 41 heavy (non-hydrogen) atoms. The molecule has 0 N–H and O–H groups in total. The van der Waals surface area contributed by atoms with Gasteiger partial charge in [0.05, 0.1) is 36.6 Å². The fourth-order valence-electron chi connectivity index (χ4n) is 5.56. The molecule has 3 aromatic carbocycles. The molecule has 1 unspecified atom stereocenters. The van der Waals surface area contributed by atoms with Gasteiger partial charge in [-0.1, -0.05) is 48.5 Å². The van der Waals surface area contributed by atoms with Gasteiger partial charge in [0.1, 0.15) is 23.9 Å².